The molecule has 0 aliphatic carbocycles. The van der Waals surface area contributed by atoms with Gasteiger partial charge in [0.2, 0.25) is 0 Å². The lowest BCUT2D eigenvalue weighted by atomic mass is 10.1. The van der Waals surface area contributed by atoms with E-state index in [1.165, 1.54) is 36.4 Å². The van der Waals surface area contributed by atoms with E-state index in [9.17, 15) is 23.2 Å². The van der Waals surface area contributed by atoms with Gasteiger partial charge >= 0.3 is 6.18 Å². The van der Waals surface area contributed by atoms with Gasteiger partial charge in [-0.05, 0) is 43.7 Å². The summed E-state index contributed by atoms with van der Waals surface area (Å²) in [6, 6.07) is 15.1. The Bertz CT molecular complexity index is 1170. The lowest BCUT2D eigenvalue weighted by Crippen LogP contribution is -2.14. The monoisotopic (exact) mass is 410 g/mol. The second-order valence-corrected chi connectivity index (χ2v) is 6.69. The molecular weight excluding hydrogens is 393 g/mol. The predicted octanol–water partition coefficient (Wildman–Crippen LogP) is 6.13. The molecule has 0 aliphatic rings. The molecule has 0 unspecified atom stereocenters. The number of benzene rings is 2. The third kappa shape index (κ3) is 4.61. The van der Waals surface area contributed by atoms with Crippen LogP contribution in [-0.2, 0) is 11.0 Å². The summed E-state index contributed by atoms with van der Waals surface area (Å²) < 4.78 is 45.1. The van der Waals surface area contributed by atoms with Gasteiger partial charge in [0.05, 0.1) is 5.56 Å². The Kier molecular flexibility index (Phi) is 5.79. The van der Waals surface area contributed by atoms with Crippen LogP contribution in [0, 0.1) is 25.2 Å². The van der Waals surface area contributed by atoms with Gasteiger partial charge in [0, 0.05) is 17.3 Å². The highest BCUT2D eigenvalue weighted by Gasteiger charge is 2.34. The van der Waals surface area contributed by atoms with Crippen LogP contribution in [0.2, 0.25) is 0 Å². The third-order valence-corrected chi connectivity index (χ3v) is 4.41. The van der Waals surface area contributed by atoms with Crippen LogP contribution in [0.15, 0.2) is 64.6 Å². The van der Waals surface area contributed by atoms with Crippen molar-refractivity contribution in [3.8, 4) is 17.4 Å². The van der Waals surface area contributed by atoms with E-state index in [1.54, 1.807) is 12.1 Å². The average Bonchev–Trinajstić information content (AvgIpc) is 3.16. The Morgan fingerprint density at radius 3 is 2.50 bits per heavy atom. The average molecular weight is 410 g/mol. The molecular formula is C23H17F3N2O2. The molecule has 0 bridgehead atoms. The molecule has 0 saturated carbocycles. The fraction of sp³-hybridized carbons (Fsp3) is 0.130. The fourth-order valence-corrected chi connectivity index (χ4v) is 2.95. The first-order chi connectivity index (χ1) is 14.2. The van der Waals surface area contributed by atoms with Crippen LogP contribution in [0.3, 0.4) is 0 Å². The molecule has 0 saturated heterocycles. The number of carbonyl (C=O) groups is 1. The zero-order valence-electron chi connectivity index (χ0n) is 16.2. The number of anilines is 1. The molecule has 0 spiro atoms. The van der Waals surface area contributed by atoms with Crippen molar-refractivity contribution in [2.45, 2.75) is 20.0 Å². The molecule has 30 heavy (non-hydrogen) atoms. The molecule has 1 aromatic heterocycles. The molecule has 1 N–H and O–H groups in total. The Hall–Kier alpha value is -3.79. The normalized spacial score (nSPS) is 11.8. The molecule has 3 rings (SSSR count). The zero-order valence-corrected chi connectivity index (χ0v) is 16.2. The molecule has 0 aliphatic heterocycles. The summed E-state index contributed by atoms with van der Waals surface area (Å²) in [6.45, 7) is 3.75. The highest BCUT2D eigenvalue weighted by atomic mass is 19.4. The van der Waals surface area contributed by atoms with E-state index < -0.39 is 17.6 Å². The van der Waals surface area contributed by atoms with Crippen molar-refractivity contribution in [1.82, 2.24) is 0 Å². The molecule has 2 aromatic carbocycles. The van der Waals surface area contributed by atoms with E-state index in [4.69, 9.17) is 4.42 Å². The number of hydrogen-bond donors (Lipinski definition) is 1. The summed E-state index contributed by atoms with van der Waals surface area (Å²) in [4.78, 5) is 12.5. The topological polar surface area (TPSA) is 66.0 Å². The summed E-state index contributed by atoms with van der Waals surface area (Å²) >= 11 is 0. The van der Waals surface area contributed by atoms with Gasteiger partial charge in [0.25, 0.3) is 5.91 Å². The molecule has 1 amide bonds. The first-order valence-electron chi connectivity index (χ1n) is 8.96. The molecule has 0 atom stereocenters. The van der Waals surface area contributed by atoms with Gasteiger partial charge in [0.1, 0.15) is 23.2 Å². The summed E-state index contributed by atoms with van der Waals surface area (Å²) in [5.41, 5.74) is 1.24. The number of nitrogens with one attached hydrogen (secondary N) is 1. The Labute approximate surface area is 171 Å². The van der Waals surface area contributed by atoms with Gasteiger partial charge in [-0.2, -0.15) is 18.4 Å². The SMILES string of the molecule is Cc1ccc(NC(=O)/C(C#N)=C/c2ccc(-c3ccccc3C(F)(F)F)o2)c(C)c1. The number of aryl methyl sites for hydroxylation is 2. The number of furan rings is 1. The van der Waals surface area contributed by atoms with Crippen LogP contribution >= 0.6 is 0 Å². The van der Waals surface area contributed by atoms with Gasteiger partial charge in [-0.15, -0.1) is 0 Å². The largest absolute Gasteiger partial charge is 0.457 e. The Balaban J connectivity index is 1.88. The molecule has 1 heterocycles. The maximum Gasteiger partial charge on any atom is 0.417 e. The lowest BCUT2D eigenvalue weighted by molar-refractivity contribution is -0.137. The highest BCUT2D eigenvalue weighted by Crippen LogP contribution is 2.37. The number of amides is 1. The smallest absolute Gasteiger partial charge is 0.417 e. The van der Waals surface area contributed by atoms with Gasteiger partial charge in [-0.25, -0.2) is 0 Å². The van der Waals surface area contributed by atoms with E-state index in [0.717, 1.165) is 17.2 Å². The quantitative estimate of drug-likeness (QED) is 0.416. The van der Waals surface area contributed by atoms with Gasteiger partial charge in [-0.3, -0.25) is 4.79 Å². The van der Waals surface area contributed by atoms with E-state index in [0.29, 0.717) is 5.69 Å². The molecule has 7 heteroatoms. The number of nitrogens with zero attached hydrogens (tertiary/aromatic N) is 1. The maximum absolute atomic E-state index is 13.2. The second kappa shape index (κ2) is 8.29. The summed E-state index contributed by atoms with van der Waals surface area (Å²) in [5, 5.41) is 12.0. The fourth-order valence-electron chi connectivity index (χ4n) is 2.95. The number of halogens is 3. The number of rotatable bonds is 4. The minimum Gasteiger partial charge on any atom is -0.457 e. The summed E-state index contributed by atoms with van der Waals surface area (Å²) in [6.07, 6.45) is -3.35. The van der Waals surface area contributed by atoms with Crippen molar-refractivity contribution < 1.29 is 22.4 Å². The molecule has 0 radical (unpaired) electrons. The van der Waals surface area contributed by atoms with Crippen LogP contribution in [0.1, 0.15) is 22.5 Å². The molecule has 152 valence electrons. The Morgan fingerprint density at radius 2 is 1.83 bits per heavy atom. The second-order valence-electron chi connectivity index (χ2n) is 6.69. The van der Waals surface area contributed by atoms with Crippen LogP contribution in [-0.4, -0.2) is 5.91 Å². The van der Waals surface area contributed by atoms with Crippen molar-refractivity contribution in [1.29, 1.82) is 5.26 Å². The van der Waals surface area contributed by atoms with Crippen molar-refractivity contribution in [2.24, 2.45) is 0 Å². The molecule has 4 nitrogen and oxygen atoms in total. The van der Waals surface area contributed by atoms with Crippen molar-refractivity contribution in [3.63, 3.8) is 0 Å². The zero-order chi connectivity index (χ0) is 21.9. The van der Waals surface area contributed by atoms with Crippen LogP contribution in [0.4, 0.5) is 18.9 Å². The van der Waals surface area contributed by atoms with Crippen molar-refractivity contribution in [2.75, 3.05) is 5.32 Å². The minimum atomic E-state index is -4.54. The van der Waals surface area contributed by atoms with Crippen LogP contribution in [0.25, 0.3) is 17.4 Å². The number of alkyl halides is 3. The summed E-state index contributed by atoms with van der Waals surface area (Å²) in [5.74, 6) is -0.561. The first kappa shape index (κ1) is 20.9. The number of hydrogen-bond acceptors (Lipinski definition) is 3. The van der Waals surface area contributed by atoms with E-state index in [2.05, 4.69) is 5.32 Å². The number of nitriles is 1. The van der Waals surface area contributed by atoms with E-state index >= 15 is 0 Å². The van der Waals surface area contributed by atoms with Gasteiger partial charge in [-0.1, -0.05) is 35.9 Å². The third-order valence-electron chi connectivity index (χ3n) is 4.41. The van der Waals surface area contributed by atoms with Crippen molar-refractivity contribution in [3.05, 3.63) is 82.6 Å². The summed E-state index contributed by atoms with van der Waals surface area (Å²) in [7, 11) is 0. The van der Waals surface area contributed by atoms with Crippen molar-refractivity contribution >= 4 is 17.7 Å². The standard InChI is InChI=1S/C23H17F3N2O2/c1-14-7-9-20(15(2)11-14)28-22(29)16(13-27)12-17-8-10-21(30-17)18-5-3-4-6-19(18)23(24,25)26/h3-12H,1-2H3,(H,28,29)/b16-12+. The van der Waals surface area contributed by atoms with Crippen LogP contribution in [0.5, 0.6) is 0 Å². The molecule has 3 aromatic rings. The number of carbonyl (C=O) groups excluding carboxylic acids is 1. The minimum absolute atomic E-state index is 0.0127. The van der Waals surface area contributed by atoms with Crippen LogP contribution < -0.4 is 5.32 Å². The van der Waals surface area contributed by atoms with E-state index in [-0.39, 0.29) is 22.7 Å². The van der Waals surface area contributed by atoms with Gasteiger partial charge in [0.15, 0.2) is 0 Å². The first-order valence-corrected chi connectivity index (χ1v) is 8.96. The molecule has 0 fully saturated rings. The van der Waals surface area contributed by atoms with E-state index in [1.807, 2.05) is 26.0 Å². The lowest BCUT2D eigenvalue weighted by Gasteiger charge is -2.10. The predicted molar refractivity (Wildman–Crippen MR) is 107 cm³/mol. The highest BCUT2D eigenvalue weighted by molar-refractivity contribution is 6.09. The maximum atomic E-state index is 13.2. The van der Waals surface area contributed by atoms with Gasteiger partial charge < -0.3 is 9.73 Å². The Morgan fingerprint density at radius 1 is 1.10 bits per heavy atom.